The molecule has 5 nitrogen and oxygen atoms in total. The van der Waals surface area contributed by atoms with Crippen LogP contribution >= 0.6 is 0 Å². The number of aliphatic hydroxyl groups is 1. The van der Waals surface area contributed by atoms with Crippen LogP contribution in [0.4, 0.5) is 5.69 Å². The number of carbonyl (C=O) groups is 2. The molecular formula is C18H24N2O3. The standard InChI is InChI=1S/C18H24N2O3/c1-12-5-6-14(10-13(12)2)20-9-7-16(18(20)23)17(22)19-8-3-4-15(21)11-19/h5-6,10,15-16,21H,3-4,7-9,11H2,1-2H3. The number of likely N-dealkylation sites (tertiary alicyclic amines) is 1. The van der Waals surface area contributed by atoms with Crippen LogP contribution in [0, 0.1) is 19.8 Å². The predicted molar refractivity (Wildman–Crippen MR) is 88.2 cm³/mol. The summed E-state index contributed by atoms with van der Waals surface area (Å²) < 4.78 is 0. The average Bonchev–Trinajstić information content (AvgIpc) is 2.91. The number of rotatable bonds is 2. The van der Waals surface area contributed by atoms with E-state index in [1.807, 2.05) is 32.0 Å². The molecule has 2 amide bonds. The number of hydrogen-bond donors (Lipinski definition) is 1. The van der Waals surface area contributed by atoms with Gasteiger partial charge in [-0.25, -0.2) is 0 Å². The van der Waals surface area contributed by atoms with Gasteiger partial charge in [-0.05, 0) is 56.4 Å². The number of β-amino-alcohol motifs (C(OH)–C–C–N with tert-alkyl or cyclic N) is 1. The molecule has 0 saturated carbocycles. The molecule has 0 radical (unpaired) electrons. The number of nitrogens with zero attached hydrogens (tertiary/aromatic N) is 2. The van der Waals surface area contributed by atoms with E-state index in [-0.39, 0.29) is 11.8 Å². The van der Waals surface area contributed by atoms with Crippen LogP contribution in [0.5, 0.6) is 0 Å². The summed E-state index contributed by atoms with van der Waals surface area (Å²) in [5.74, 6) is -0.833. The van der Waals surface area contributed by atoms with Gasteiger partial charge in [0, 0.05) is 25.3 Å². The second-order valence-corrected chi connectivity index (χ2v) is 6.68. The summed E-state index contributed by atoms with van der Waals surface area (Å²) in [5.41, 5.74) is 3.20. The molecule has 2 aliphatic heterocycles. The first-order chi connectivity index (χ1) is 11.0. The Morgan fingerprint density at radius 3 is 2.65 bits per heavy atom. The van der Waals surface area contributed by atoms with E-state index in [9.17, 15) is 14.7 Å². The zero-order chi connectivity index (χ0) is 16.6. The first kappa shape index (κ1) is 16.0. The summed E-state index contributed by atoms with van der Waals surface area (Å²) >= 11 is 0. The molecule has 124 valence electrons. The maximum Gasteiger partial charge on any atom is 0.239 e. The number of piperidine rings is 1. The molecule has 5 heteroatoms. The Morgan fingerprint density at radius 2 is 1.96 bits per heavy atom. The molecule has 2 heterocycles. The van der Waals surface area contributed by atoms with Crippen LogP contribution in [0.15, 0.2) is 18.2 Å². The maximum atomic E-state index is 12.7. The van der Waals surface area contributed by atoms with Gasteiger partial charge >= 0.3 is 0 Å². The number of carbonyl (C=O) groups excluding carboxylic acids is 2. The molecule has 2 fully saturated rings. The molecule has 0 aliphatic carbocycles. The van der Waals surface area contributed by atoms with Crippen molar-refractivity contribution in [2.45, 2.75) is 39.2 Å². The smallest absolute Gasteiger partial charge is 0.239 e. The highest BCUT2D eigenvalue weighted by atomic mass is 16.3. The van der Waals surface area contributed by atoms with E-state index in [0.29, 0.717) is 26.1 Å². The van der Waals surface area contributed by atoms with E-state index >= 15 is 0 Å². The Bertz CT molecular complexity index is 629. The quantitative estimate of drug-likeness (QED) is 0.844. The van der Waals surface area contributed by atoms with Crippen molar-refractivity contribution in [2.75, 3.05) is 24.5 Å². The van der Waals surface area contributed by atoms with Crippen molar-refractivity contribution in [1.82, 2.24) is 4.90 Å². The van der Waals surface area contributed by atoms with Gasteiger partial charge in [-0.2, -0.15) is 0 Å². The summed E-state index contributed by atoms with van der Waals surface area (Å²) in [6, 6.07) is 5.95. The SMILES string of the molecule is Cc1ccc(N2CCC(C(=O)N3CCCC(O)C3)C2=O)cc1C. The van der Waals surface area contributed by atoms with Crippen molar-refractivity contribution in [3.63, 3.8) is 0 Å². The summed E-state index contributed by atoms with van der Waals surface area (Å²) in [6.07, 6.45) is 1.63. The summed E-state index contributed by atoms with van der Waals surface area (Å²) in [4.78, 5) is 28.7. The zero-order valence-corrected chi connectivity index (χ0v) is 13.8. The maximum absolute atomic E-state index is 12.7. The van der Waals surface area contributed by atoms with Crippen molar-refractivity contribution >= 4 is 17.5 Å². The fourth-order valence-electron chi connectivity index (χ4n) is 3.43. The highest BCUT2D eigenvalue weighted by Gasteiger charge is 2.40. The number of anilines is 1. The molecule has 2 saturated heterocycles. The van der Waals surface area contributed by atoms with Crippen molar-refractivity contribution in [2.24, 2.45) is 5.92 Å². The largest absolute Gasteiger partial charge is 0.391 e. The summed E-state index contributed by atoms with van der Waals surface area (Å²) in [7, 11) is 0. The Labute approximate surface area is 136 Å². The van der Waals surface area contributed by atoms with Gasteiger partial charge in [0.2, 0.25) is 11.8 Å². The van der Waals surface area contributed by atoms with Crippen LogP contribution in [0.1, 0.15) is 30.4 Å². The second kappa shape index (κ2) is 6.32. The lowest BCUT2D eigenvalue weighted by Crippen LogP contribution is -2.46. The summed E-state index contributed by atoms with van der Waals surface area (Å²) in [6.45, 7) is 5.64. The number of benzene rings is 1. The van der Waals surface area contributed by atoms with Crippen molar-refractivity contribution in [3.05, 3.63) is 29.3 Å². The number of hydrogen-bond acceptors (Lipinski definition) is 3. The van der Waals surface area contributed by atoms with Gasteiger partial charge in [-0.1, -0.05) is 6.07 Å². The molecule has 2 unspecified atom stereocenters. The van der Waals surface area contributed by atoms with Gasteiger partial charge in [-0.15, -0.1) is 0 Å². The van der Waals surface area contributed by atoms with Crippen molar-refractivity contribution in [1.29, 1.82) is 0 Å². The molecule has 1 aromatic carbocycles. The van der Waals surface area contributed by atoms with E-state index in [0.717, 1.165) is 24.1 Å². The topological polar surface area (TPSA) is 60.9 Å². The van der Waals surface area contributed by atoms with Gasteiger partial charge in [0.25, 0.3) is 0 Å². The molecule has 3 rings (SSSR count). The normalized spacial score (nSPS) is 25.1. The second-order valence-electron chi connectivity index (χ2n) is 6.68. The minimum Gasteiger partial charge on any atom is -0.391 e. The van der Waals surface area contributed by atoms with Crippen LogP contribution < -0.4 is 4.90 Å². The third-order valence-electron chi connectivity index (χ3n) is 5.01. The van der Waals surface area contributed by atoms with Gasteiger partial charge in [0.15, 0.2) is 0 Å². The van der Waals surface area contributed by atoms with Gasteiger partial charge in [0.05, 0.1) is 6.10 Å². The lowest BCUT2D eigenvalue weighted by atomic mass is 10.0. The Balaban J connectivity index is 1.73. The Morgan fingerprint density at radius 1 is 1.17 bits per heavy atom. The van der Waals surface area contributed by atoms with E-state index < -0.39 is 12.0 Å². The first-order valence-corrected chi connectivity index (χ1v) is 8.33. The lowest BCUT2D eigenvalue weighted by molar-refractivity contribution is -0.142. The Hall–Kier alpha value is -1.88. The molecule has 2 aliphatic rings. The number of aliphatic hydroxyl groups excluding tert-OH is 1. The molecule has 0 bridgehead atoms. The van der Waals surface area contributed by atoms with Crippen LogP contribution in [-0.2, 0) is 9.59 Å². The molecule has 1 aromatic rings. The average molecular weight is 316 g/mol. The first-order valence-electron chi connectivity index (χ1n) is 8.33. The van der Waals surface area contributed by atoms with Gasteiger partial charge < -0.3 is 14.9 Å². The Kier molecular flexibility index (Phi) is 4.39. The molecule has 23 heavy (non-hydrogen) atoms. The van der Waals surface area contributed by atoms with E-state index in [4.69, 9.17) is 0 Å². The zero-order valence-electron chi connectivity index (χ0n) is 13.8. The minimum absolute atomic E-state index is 0.113. The lowest BCUT2D eigenvalue weighted by Gasteiger charge is -2.31. The fourth-order valence-corrected chi connectivity index (χ4v) is 3.43. The molecule has 0 spiro atoms. The van der Waals surface area contributed by atoms with Crippen LogP contribution in [0.25, 0.3) is 0 Å². The minimum atomic E-state index is -0.595. The molecular weight excluding hydrogens is 292 g/mol. The van der Waals surface area contributed by atoms with Crippen molar-refractivity contribution in [3.8, 4) is 0 Å². The number of amides is 2. The fraction of sp³-hybridized carbons (Fsp3) is 0.556. The van der Waals surface area contributed by atoms with E-state index in [1.165, 1.54) is 5.56 Å². The van der Waals surface area contributed by atoms with Gasteiger partial charge in [0.1, 0.15) is 5.92 Å². The van der Waals surface area contributed by atoms with E-state index in [2.05, 4.69) is 0 Å². The third-order valence-corrected chi connectivity index (χ3v) is 5.01. The monoisotopic (exact) mass is 316 g/mol. The molecule has 0 aromatic heterocycles. The van der Waals surface area contributed by atoms with E-state index in [1.54, 1.807) is 9.80 Å². The third kappa shape index (κ3) is 3.11. The highest BCUT2D eigenvalue weighted by Crippen LogP contribution is 2.28. The van der Waals surface area contributed by atoms with Crippen LogP contribution in [0.2, 0.25) is 0 Å². The molecule has 2 atom stereocenters. The number of aryl methyl sites for hydroxylation is 2. The predicted octanol–water partition coefficient (Wildman–Crippen LogP) is 1.64. The van der Waals surface area contributed by atoms with Gasteiger partial charge in [-0.3, -0.25) is 9.59 Å². The van der Waals surface area contributed by atoms with Crippen molar-refractivity contribution < 1.29 is 14.7 Å². The summed E-state index contributed by atoms with van der Waals surface area (Å²) in [5, 5.41) is 9.73. The molecule has 1 N–H and O–H groups in total. The van der Waals surface area contributed by atoms with Crippen LogP contribution in [-0.4, -0.2) is 47.6 Å². The van der Waals surface area contributed by atoms with Crippen LogP contribution in [0.3, 0.4) is 0 Å². The highest BCUT2D eigenvalue weighted by molar-refractivity contribution is 6.09.